The first-order chi connectivity index (χ1) is 13.4. The Labute approximate surface area is 170 Å². The number of hydrogen-bond acceptors (Lipinski definition) is 7. The second-order valence-electron chi connectivity index (χ2n) is 6.46. The molecule has 3 rings (SSSR count). The highest BCUT2D eigenvalue weighted by Crippen LogP contribution is 2.41. The Morgan fingerprint density at radius 1 is 1.39 bits per heavy atom. The molecule has 150 valence electrons. The number of carbonyl (C=O) groups is 3. The van der Waals surface area contributed by atoms with Gasteiger partial charge in [-0.1, -0.05) is 24.3 Å². The molecule has 2 aliphatic rings. The number of nitrogens with one attached hydrogen (secondary N) is 1. The van der Waals surface area contributed by atoms with Crippen LogP contribution in [-0.2, 0) is 21.0 Å². The lowest BCUT2D eigenvalue weighted by molar-refractivity contribution is -0.150. The minimum Gasteiger partial charge on any atom is -0.477 e. The van der Waals surface area contributed by atoms with Gasteiger partial charge in [0.25, 0.3) is 5.91 Å². The largest absolute Gasteiger partial charge is 0.477 e. The lowest BCUT2D eigenvalue weighted by Crippen LogP contribution is -2.71. The van der Waals surface area contributed by atoms with E-state index in [1.807, 2.05) is 6.26 Å². The van der Waals surface area contributed by atoms with Crippen LogP contribution in [0.15, 0.2) is 35.5 Å². The standard InChI is InChI=1S/C18H21N3O5S2/c1-27-7-11-8-28-17-13(16(24)21(17)14(11)18(25)26)20-15(23)12(19)10-4-2-9(6-22)3-5-10/h2-5,12-13,17,22H,6-8,19H2,1H3,(H,20,23)(H,25,26)/t12?,13?,17-/m0/s1. The fraction of sp³-hybridized carbons (Fsp3) is 0.389. The number of amides is 2. The van der Waals surface area contributed by atoms with Crippen molar-refractivity contribution in [3.8, 4) is 0 Å². The molecule has 0 aliphatic carbocycles. The zero-order chi connectivity index (χ0) is 20.4. The van der Waals surface area contributed by atoms with Crippen LogP contribution in [0.1, 0.15) is 17.2 Å². The van der Waals surface area contributed by atoms with Crippen LogP contribution in [0.3, 0.4) is 0 Å². The van der Waals surface area contributed by atoms with Crippen molar-refractivity contribution in [2.24, 2.45) is 5.73 Å². The number of carboxylic acid groups (broad SMARTS) is 1. The molecule has 0 aromatic heterocycles. The molecule has 2 heterocycles. The van der Waals surface area contributed by atoms with Crippen LogP contribution in [0.4, 0.5) is 0 Å². The van der Waals surface area contributed by atoms with Gasteiger partial charge in [0.1, 0.15) is 23.2 Å². The number of nitrogens with zero attached hydrogens (tertiary/aromatic N) is 1. The predicted octanol–water partition coefficient (Wildman–Crippen LogP) is 0.280. The summed E-state index contributed by atoms with van der Waals surface area (Å²) in [5.41, 5.74) is 7.99. The number of aliphatic hydroxyl groups is 1. The van der Waals surface area contributed by atoms with Crippen LogP contribution in [0, 0.1) is 0 Å². The molecular weight excluding hydrogens is 402 g/mol. The number of β-lactam (4-membered cyclic amide) rings is 1. The van der Waals surface area contributed by atoms with Crippen molar-refractivity contribution in [3.05, 3.63) is 46.7 Å². The summed E-state index contributed by atoms with van der Waals surface area (Å²) in [4.78, 5) is 38.0. The molecule has 0 radical (unpaired) electrons. The summed E-state index contributed by atoms with van der Waals surface area (Å²) < 4.78 is 0. The Balaban J connectivity index is 1.70. The molecule has 1 saturated heterocycles. The van der Waals surface area contributed by atoms with Crippen molar-refractivity contribution in [1.82, 2.24) is 10.2 Å². The number of fused-ring (bicyclic) bond motifs is 1. The maximum absolute atomic E-state index is 12.6. The third kappa shape index (κ3) is 3.77. The number of aliphatic carboxylic acids is 1. The van der Waals surface area contributed by atoms with Gasteiger partial charge in [-0.25, -0.2) is 4.79 Å². The molecule has 0 bridgehead atoms. The van der Waals surface area contributed by atoms with Crippen LogP contribution in [0.5, 0.6) is 0 Å². The Morgan fingerprint density at radius 2 is 2.07 bits per heavy atom. The summed E-state index contributed by atoms with van der Waals surface area (Å²) in [6.45, 7) is -0.106. The zero-order valence-corrected chi connectivity index (χ0v) is 16.8. The number of hydrogen-bond donors (Lipinski definition) is 4. The number of benzene rings is 1. The Kier molecular flexibility index (Phi) is 6.33. The van der Waals surface area contributed by atoms with Gasteiger partial charge in [0.05, 0.1) is 6.61 Å². The van der Waals surface area contributed by atoms with Gasteiger partial charge in [-0.15, -0.1) is 11.8 Å². The zero-order valence-electron chi connectivity index (χ0n) is 15.1. The van der Waals surface area contributed by atoms with Crippen LogP contribution in [0.25, 0.3) is 0 Å². The summed E-state index contributed by atoms with van der Waals surface area (Å²) in [7, 11) is 0. The Bertz CT molecular complexity index is 827. The normalized spacial score (nSPS) is 22.4. The topological polar surface area (TPSA) is 133 Å². The van der Waals surface area contributed by atoms with Gasteiger partial charge >= 0.3 is 5.97 Å². The number of nitrogens with two attached hydrogens (primary N) is 1. The van der Waals surface area contributed by atoms with E-state index in [4.69, 9.17) is 10.8 Å². The average Bonchev–Trinajstić information content (AvgIpc) is 2.70. The van der Waals surface area contributed by atoms with E-state index in [1.165, 1.54) is 28.4 Å². The van der Waals surface area contributed by atoms with E-state index in [2.05, 4.69) is 5.32 Å². The minimum absolute atomic E-state index is 0.0255. The molecule has 0 saturated carbocycles. The van der Waals surface area contributed by atoms with Gasteiger partial charge < -0.3 is 21.3 Å². The van der Waals surface area contributed by atoms with E-state index in [-0.39, 0.29) is 12.3 Å². The molecular formula is C18H21N3O5S2. The lowest BCUT2D eigenvalue weighted by Gasteiger charge is -2.49. The molecule has 0 spiro atoms. The summed E-state index contributed by atoms with van der Waals surface area (Å²) in [6.07, 6.45) is 1.87. The third-order valence-electron chi connectivity index (χ3n) is 4.67. The van der Waals surface area contributed by atoms with Crippen molar-refractivity contribution >= 4 is 41.3 Å². The molecule has 1 fully saturated rings. The van der Waals surface area contributed by atoms with E-state index >= 15 is 0 Å². The quantitative estimate of drug-likeness (QED) is 0.460. The monoisotopic (exact) mass is 423 g/mol. The summed E-state index contributed by atoms with van der Waals surface area (Å²) in [6, 6.07) is 4.88. The highest BCUT2D eigenvalue weighted by Gasteiger charge is 2.54. The van der Waals surface area contributed by atoms with Crippen molar-refractivity contribution < 1.29 is 24.6 Å². The minimum atomic E-state index is -1.13. The number of thioether (sulfide) groups is 2. The van der Waals surface area contributed by atoms with Crippen LogP contribution in [0.2, 0.25) is 0 Å². The molecule has 1 aromatic carbocycles. The third-order valence-corrected chi connectivity index (χ3v) is 6.65. The average molecular weight is 424 g/mol. The van der Waals surface area contributed by atoms with Gasteiger partial charge in [0.15, 0.2) is 0 Å². The molecule has 1 aromatic rings. The van der Waals surface area contributed by atoms with E-state index in [0.717, 1.165) is 0 Å². The molecule has 2 amide bonds. The molecule has 2 unspecified atom stereocenters. The maximum atomic E-state index is 12.6. The Morgan fingerprint density at radius 3 is 2.64 bits per heavy atom. The van der Waals surface area contributed by atoms with E-state index in [1.54, 1.807) is 24.3 Å². The molecule has 2 aliphatic heterocycles. The fourth-order valence-corrected chi connectivity index (χ4v) is 5.26. The number of carboxylic acids is 1. The predicted molar refractivity (Wildman–Crippen MR) is 107 cm³/mol. The smallest absolute Gasteiger partial charge is 0.352 e. The molecule has 10 heteroatoms. The van der Waals surface area contributed by atoms with Crippen molar-refractivity contribution in [3.63, 3.8) is 0 Å². The first-order valence-corrected chi connectivity index (χ1v) is 11.0. The van der Waals surface area contributed by atoms with Gasteiger partial charge in [0.2, 0.25) is 5.91 Å². The van der Waals surface area contributed by atoms with E-state index in [0.29, 0.717) is 28.2 Å². The van der Waals surface area contributed by atoms with Gasteiger partial charge in [0, 0.05) is 11.5 Å². The van der Waals surface area contributed by atoms with Crippen LogP contribution in [-0.4, -0.2) is 62.1 Å². The first-order valence-electron chi connectivity index (χ1n) is 8.53. The number of aliphatic hydroxyl groups excluding tert-OH is 1. The van der Waals surface area contributed by atoms with Crippen molar-refractivity contribution in [1.29, 1.82) is 0 Å². The maximum Gasteiger partial charge on any atom is 0.352 e. The highest BCUT2D eigenvalue weighted by atomic mass is 32.2. The summed E-state index contributed by atoms with van der Waals surface area (Å²) in [5, 5.41) is 20.8. The van der Waals surface area contributed by atoms with Crippen LogP contribution < -0.4 is 11.1 Å². The lowest BCUT2D eigenvalue weighted by atomic mass is 10.0. The van der Waals surface area contributed by atoms with E-state index in [9.17, 15) is 19.5 Å². The Hall–Kier alpha value is -2.01. The first kappa shape index (κ1) is 20.7. The fourth-order valence-electron chi connectivity index (χ4n) is 3.19. The highest BCUT2D eigenvalue weighted by molar-refractivity contribution is 8.00. The van der Waals surface area contributed by atoms with Crippen molar-refractivity contribution in [2.45, 2.75) is 24.1 Å². The molecule has 8 nitrogen and oxygen atoms in total. The van der Waals surface area contributed by atoms with Gasteiger partial charge in [-0.2, -0.15) is 11.8 Å². The molecule has 3 atom stereocenters. The van der Waals surface area contributed by atoms with Gasteiger partial charge in [-0.05, 0) is 23.0 Å². The second kappa shape index (κ2) is 8.56. The van der Waals surface area contributed by atoms with E-state index < -0.39 is 35.2 Å². The number of carbonyl (C=O) groups excluding carboxylic acids is 2. The SMILES string of the molecule is CSCC1=C(C(=O)O)N2C(=O)C(NC(=O)C(N)c3ccc(CO)cc3)[C@@H]2SC1. The number of rotatable bonds is 7. The summed E-state index contributed by atoms with van der Waals surface area (Å²) in [5.74, 6) is -1.04. The second-order valence-corrected chi connectivity index (χ2v) is 8.43. The van der Waals surface area contributed by atoms with Crippen LogP contribution >= 0.6 is 23.5 Å². The summed E-state index contributed by atoms with van der Waals surface area (Å²) >= 11 is 2.93. The van der Waals surface area contributed by atoms with Crippen molar-refractivity contribution in [2.75, 3.05) is 17.8 Å². The van der Waals surface area contributed by atoms with Gasteiger partial charge in [-0.3, -0.25) is 14.5 Å². The molecule has 28 heavy (non-hydrogen) atoms. The molecule has 5 N–H and O–H groups in total.